The second kappa shape index (κ2) is 7.36. The molecule has 1 aromatic heterocycles. The summed E-state index contributed by atoms with van der Waals surface area (Å²) in [6.07, 6.45) is 2.51. The molecule has 1 heterocycles. The highest BCUT2D eigenvalue weighted by atomic mass is 16.5. The number of aromatic nitrogens is 1. The Morgan fingerprint density at radius 1 is 1.12 bits per heavy atom. The SMILES string of the molecule is COC(=O)c1c(C/C=C(\CO)c2ccccc2)c2ccccc2n1C. The molecule has 0 saturated carbocycles. The van der Waals surface area contributed by atoms with Crippen LogP contribution in [0.2, 0.25) is 0 Å². The Balaban J connectivity index is 2.09. The largest absolute Gasteiger partial charge is 0.464 e. The zero-order valence-electron chi connectivity index (χ0n) is 14.4. The first kappa shape index (κ1) is 17.0. The van der Waals surface area contributed by atoms with Crippen LogP contribution in [0.4, 0.5) is 0 Å². The van der Waals surface area contributed by atoms with Gasteiger partial charge in [0.05, 0.1) is 13.7 Å². The van der Waals surface area contributed by atoms with Crippen molar-refractivity contribution in [3.8, 4) is 0 Å². The fraction of sp³-hybridized carbons (Fsp3) is 0.190. The Hall–Kier alpha value is -2.85. The highest BCUT2D eigenvalue weighted by Gasteiger charge is 2.20. The minimum Gasteiger partial charge on any atom is -0.464 e. The lowest BCUT2D eigenvalue weighted by Gasteiger charge is -2.07. The first-order chi connectivity index (χ1) is 12.2. The fourth-order valence-electron chi connectivity index (χ4n) is 3.19. The zero-order chi connectivity index (χ0) is 17.8. The van der Waals surface area contributed by atoms with Crippen molar-refractivity contribution in [2.24, 2.45) is 7.05 Å². The van der Waals surface area contributed by atoms with Crippen molar-refractivity contribution >= 4 is 22.4 Å². The molecule has 25 heavy (non-hydrogen) atoms. The third-order valence-corrected chi connectivity index (χ3v) is 4.46. The predicted octanol–water partition coefficient (Wildman–Crippen LogP) is 3.58. The van der Waals surface area contributed by atoms with Gasteiger partial charge in [0.1, 0.15) is 5.69 Å². The maximum atomic E-state index is 12.3. The van der Waals surface area contributed by atoms with E-state index in [4.69, 9.17) is 4.74 Å². The number of fused-ring (bicyclic) bond motifs is 1. The Morgan fingerprint density at radius 2 is 1.80 bits per heavy atom. The van der Waals surface area contributed by atoms with Crippen molar-refractivity contribution in [3.05, 3.63) is 77.5 Å². The van der Waals surface area contributed by atoms with Gasteiger partial charge in [0.25, 0.3) is 0 Å². The number of carbonyl (C=O) groups excluding carboxylic acids is 1. The van der Waals surface area contributed by atoms with Gasteiger partial charge in [-0.15, -0.1) is 0 Å². The normalized spacial score (nSPS) is 11.7. The molecule has 128 valence electrons. The van der Waals surface area contributed by atoms with E-state index in [2.05, 4.69) is 0 Å². The number of aliphatic hydroxyl groups is 1. The number of benzene rings is 2. The summed E-state index contributed by atoms with van der Waals surface area (Å²) in [5, 5.41) is 10.8. The molecule has 0 amide bonds. The number of nitrogens with zero attached hydrogens (tertiary/aromatic N) is 1. The minimum atomic E-state index is -0.354. The standard InChI is InChI=1S/C21H21NO3/c1-22-19-11-7-6-10-17(19)18(20(22)21(24)25-2)13-12-16(14-23)15-8-4-3-5-9-15/h3-12,23H,13-14H2,1-2H3/b16-12+. The van der Waals surface area contributed by atoms with Gasteiger partial charge in [-0.25, -0.2) is 4.79 Å². The number of aliphatic hydroxyl groups excluding tert-OH is 1. The van der Waals surface area contributed by atoms with Crippen LogP contribution in [0, 0.1) is 0 Å². The quantitative estimate of drug-likeness (QED) is 0.725. The predicted molar refractivity (Wildman–Crippen MR) is 99.5 cm³/mol. The van der Waals surface area contributed by atoms with E-state index in [1.807, 2.05) is 72.3 Å². The highest BCUT2D eigenvalue weighted by molar-refractivity contribution is 5.99. The van der Waals surface area contributed by atoms with Crippen molar-refractivity contribution in [3.63, 3.8) is 0 Å². The number of methoxy groups -OCH3 is 1. The Bertz CT molecular complexity index is 923. The summed E-state index contributed by atoms with van der Waals surface area (Å²) >= 11 is 0. The summed E-state index contributed by atoms with van der Waals surface area (Å²) in [6, 6.07) is 17.7. The van der Waals surface area contributed by atoms with Crippen LogP contribution in [0.5, 0.6) is 0 Å². The summed E-state index contributed by atoms with van der Waals surface area (Å²) in [4.78, 5) is 12.3. The van der Waals surface area contributed by atoms with Crippen LogP contribution in [0.3, 0.4) is 0 Å². The number of allylic oxidation sites excluding steroid dienone is 1. The molecule has 0 spiro atoms. The molecule has 0 aliphatic carbocycles. The third-order valence-electron chi connectivity index (χ3n) is 4.46. The average Bonchev–Trinajstić information content (AvgIpc) is 2.95. The second-order valence-electron chi connectivity index (χ2n) is 5.85. The molecule has 3 rings (SSSR count). The van der Waals surface area contributed by atoms with Crippen LogP contribution in [0.25, 0.3) is 16.5 Å². The number of rotatable bonds is 5. The number of ether oxygens (including phenoxy) is 1. The monoisotopic (exact) mass is 335 g/mol. The number of carbonyl (C=O) groups is 1. The number of para-hydroxylation sites is 1. The maximum Gasteiger partial charge on any atom is 0.354 e. The van der Waals surface area contributed by atoms with Gasteiger partial charge in [0, 0.05) is 18.0 Å². The molecule has 3 aromatic rings. The lowest BCUT2D eigenvalue weighted by Crippen LogP contribution is -2.10. The van der Waals surface area contributed by atoms with Crippen molar-refractivity contribution in [2.45, 2.75) is 6.42 Å². The van der Waals surface area contributed by atoms with E-state index in [0.717, 1.165) is 27.6 Å². The average molecular weight is 335 g/mol. The van der Waals surface area contributed by atoms with Crippen LogP contribution in [0.15, 0.2) is 60.7 Å². The number of aryl methyl sites for hydroxylation is 1. The minimum absolute atomic E-state index is 0.0532. The first-order valence-corrected chi connectivity index (χ1v) is 8.17. The fourth-order valence-corrected chi connectivity index (χ4v) is 3.19. The molecule has 0 aliphatic rings. The summed E-state index contributed by atoms with van der Waals surface area (Å²) in [5.41, 5.74) is 4.25. The van der Waals surface area contributed by atoms with Gasteiger partial charge in [0.15, 0.2) is 0 Å². The molecular weight excluding hydrogens is 314 g/mol. The van der Waals surface area contributed by atoms with Crippen LogP contribution < -0.4 is 0 Å². The molecular formula is C21H21NO3. The molecule has 0 atom stereocenters. The number of esters is 1. The summed E-state index contributed by atoms with van der Waals surface area (Å²) in [6.45, 7) is -0.0532. The van der Waals surface area contributed by atoms with E-state index in [9.17, 15) is 9.90 Å². The lowest BCUT2D eigenvalue weighted by molar-refractivity contribution is 0.0589. The van der Waals surface area contributed by atoms with Gasteiger partial charge in [-0.2, -0.15) is 0 Å². The molecule has 0 radical (unpaired) electrons. The highest BCUT2D eigenvalue weighted by Crippen LogP contribution is 2.27. The number of hydrogen-bond donors (Lipinski definition) is 1. The van der Waals surface area contributed by atoms with E-state index in [0.29, 0.717) is 12.1 Å². The van der Waals surface area contributed by atoms with Gasteiger partial charge in [0.2, 0.25) is 0 Å². The smallest absolute Gasteiger partial charge is 0.354 e. The molecule has 4 heteroatoms. The summed E-state index contributed by atoms with van der Waals surface area (Å²) in [5.74, 6) is -0.354. The van der Waals surface area contributed by atoms with E-state index in [-0.39, 0.29) is 12.6 Å². The van der Waals surface area contributed by atoms with Crippen molar-refractivity contribution < 1.29 is 14.6 Å². The molecule has 0 unspecified atom stereocenters. The Morgan fingerprint density at radius 3 is 2.48 bits per heavy atom. The Kier molecular flexibility index (Phi) is 5.00. The lowest BCUT2D eigenvalue weighted by atomic mass is 10.0. The summed E-state index contributed by atoms with van der Waals surface area (Å²) in [7, 11) is 3.26. The van der Waals surface area contributed by atoms with E-state index in [1.165, 1.54) is 7.11 Å². The maximum absolute atomic E-state index is 12.3. The molecule has 4 nitrogen and oxygen atoms in total. The van der Waals surface area contributed by atoms with E-state index < -0.39 is 0 Å². The van der Waals surface area contributed by atoms with Crippen LogP contribution >= 0.6 is 0 Å². The van der Waals surface area contributed by atoms with Gasteiger partial charge >= 0.3 is 5.97 Å². The molecule has 1 N–H and O–H groups in total. The van der Waals surface area contributed by atoms with Gasteiger partial charge in [-0.1, -0.05) is 54.6 Å². The molecule has 0 aliphatic heterocycles. The van der Waals surface area contributed by atoms with Crippen LogP contribution in [-0.2, 0) is 18.2 Å². The first-order valence-electron chi connectivity index (χ1n) is 8.17. The van der Waals surface area contributed by atoms with Gasteiger partial charge < -0.3 is 14.4 Å². The van der Waals surface area contributed by atoms with Gasteiger partial charge in [-0.3, -0.25) is 0 Å². The zero-order valence-corrected chi connectivity index (χ0v) is 14.4. The summed E-state index contributed by atoms with van der Waals surface area (Å²) < 4.78 is 6.84. The molecule has 2 aromatic carbocycles. The van der Waals surface area contributed by atoms with E-state index in [1.54, 1.807) is 0 Å². The Labute approximate surface area is 147 Å². The third kappa shape index (κ3) is 3.21. The van der Waals surface area contributed by atoms with Crippen molar-refractivity contribution in [2.75, 3.05) is 13.7 Å². The molecule has 0 saturated heterocycles. The second-order valence-corrected chi connectivity index (χ2v) is 5.85. The van der Waals surface area contributed by atoms with Crippen LogP contribution in [0.1, 0.15) is 21.6 Å². The van der Waals surface area contributed by atoms with Crippen molar-refractivity contribution in [1.29, 1.82) is 0 Å². The molecule has 0 fully saturated rings. The van der Waals surface area contributed by atoms with Gasteiger partial charge in [-0.05, 0) is 29.2 Å². The van der Waals surface area contributed by atoms with Crippen LogP contribution in [-0.4, -0.2) is 29.4 Å². The number of hydrogen-bond acceptors (Lipinski definition) is 3. The van der Waals surface area contributed by atoms with Crippen molar-refractivity contribution in [1.82, 2.24) is 4.57 Å². The molecule has 0 bridgehead atoms. The topological polar surface area (TPSA) is 51.5 Å². The van der Waals surface area contributed by atoms with E-state index >= 15 is 0 Å².